The maximum absolute atomic E-state index is 12.4. The van der Waals surface area contributed by atoms with Gasteiger partial charge in [0.2, 0.25) is 10.0 Å². The summed E-state index contributed by atoms with van der Waals surface area (Å²) in [6, 6.07) is 10.9. The second kappa shape index (κ2) is 6.97. The zero-order chi connectivity index (χ0) is 18.9. The average Bonchev–Trinajstić information content (AvgIpc) is 2.84. The van der Waals surface area contributed by atoms with Gasteiger partial charge in [-0.05, 0) is 30.3 Å². The van der Waals surface area contributed by atoms with Gasteiger partial charge < -0.3 is 4.74 Å². The monoisotopic (exact) mass is 394 g/mol. The maximum atomic E-state index is 12.4. The van der Waals surface area contributed by atoms with Gasteiger partial charge in [0.1, 0.15) is 5.75 Å². The normalized spacial score (nSPS) is 13.7. The molecule has 1 aliphatic rings. The number of anilines is 1. The van der Waals surface area contributed by atoms with Crippen molar-refractivity contribution < 1.29 is 22.7 Å². The number of rotatable bonds is 6. The third kappa shape index (κ3) is 3.51. The molecule has 136 valence electrons. The average molecular weight is 395 g/mol. The molecule has 1 heterocycles. The summed E-state index contributed by atoms with van der Waals surface area (Å²) in [5, 5.41) is 0.337. The van der Waals surface area contributed by atoms with Crippen LogP contribution in [0.3, 0.4) is 0 Å². The number of hydrogen-bond acceptors (Lipinski definition) is 5. The minimum absolute atomic E-state index is 0.183. The van der Waals surface area contributed by atoms with Crippen LogP contribution in [0.2, 0.25) is 5.02 Å². The SMILES string of the molecule is COc1ccc(Cl)cc1NS(=O)(=O)CCN1C(=O)c2ccccc2C1=O. The number of methoxy groups -OCH3 is 1. The topological polar surface area (TPSA) is 92.8 Å². The van der Waals surface area contributed by atoms with Crippen molar-refractivity contribution in [2.45, 2.75) is 0 Å². The van der Waals surface area contributed by atoms with Crippen LogP contribution >= 0.6 is 11.6 Å². The molecular weight excluding hydrogens is 380 g/mol. The summed E-state index contributed by atoms with van der Waals surface area (Å²) < 4.78 is 32.2. The Morgan fingerprint density at radius 1 is 1.08 bits per heavy atom. The molecule has 0 aromatic heterocycles. The Morgan fingerprint density at radius 3 is 2.27 bits per heavy atom. The van der Waals surface area contributed by atoms with E-state index in [4.69, 9.17) is 16.3 Å². The molecule has 0 spiro atoms. The third-order valence-corrected chi connectivity index (χ3v) is 5.37. The number of sulfonamides is 1. The highest BCUT2D eigenvalue weighted by molar-refractivity contribution is 7.92. The van der Waals surface area contributed by atoms with E-state index < -0.39 is 27.6 Å². The van der Waals surface area contributed by atoms with E-state index in [0.29, 0.717) is 10.8 Å². The van der Waals surface area contributed by atoms with Crippen molar-refractivity contribution in [2.24, 2.45) is 0 Å². The van der Waals surface area contributed by atoms with Gasteiger partial charge >= 0.3 is 0 Å². The molecule has 0 bridgehead atoms. The Kier molecular flexibility index (Phi) is 4.88. The minimum atomic E-state index is -3.84. The minimum Gasteiger partial charge on any atom is -0.495 e. The summed E-state index contributed by atoms with van der Waals surface area (Å²) in [6.07, 6.45) is 0. The van der Waals surface area contributed by atoms with Gasteiger partial charge in [-0.3, -0.25) is 19.2 Å². The van der Waals surface area contributed by atoms with E-state index in [9.17, 15) is 18.0 Å². The first-order valence-corrected chi connectivity index (χ1v) is 9.64. The number of fused-ring (bicyclic) bond motifs is 1. The molecule has 0 atom stereocenters. The molecule has 26 heavy (non-hydrogen) atoms. The second-order valence-electron chi connectivity index (χ2n) is 5.57. The van der Waals surface area contributed by atoms with Crippen LogP contribution in [-0.2, 0) is 10.0 Å². The first-order valence-electron chi connectivity index (χ1n) is 7.61. The number of amides is 2. The number of benzene rings is 2. The van der Waals surface area contributed by atoms with Crippen LogP contribution in [0.1, 0.15) is 20.7 Å². The lowest BCUT2D eigenvalue weighted by molar-refractivity contribution is 0.0664. The standard InChI is InChI=1S/C17H15ClN2O5S/c1-25-15-7-6-11(18)10-14(15)19-26(23,24)9-8-20-16(21)12-4-2-3-5-13(12)17(20)22/h2-7,10,19H,8-9H2,1H3. The lowest BCUT2D eigenvalue weighted by Crippen LogP contribution is -2.35. The van der Waals surface area contributed by atoms with Gasteiger partial charge in [0.25, 0.3) is 11.8 Å². The van der Waals surface area contributed by atoms with E-state index in [2.05, 4.69) is 4.72 Å². The molecule has 0 aliphatic carbocycles. The van der Waals surface area contributed by atoms with Crippen LogP contribution in [0, 0.1) is 0 Å². The summed E-state index contributed by atoms with van der Waals surface area (Å²) in [7, 11) is -2.44. The van der Waals surface area contributed by atoms with Gasteiger partial charge in [0.05, 0.1) is 29.7 Å². The molecule has 2 amide bonds. The molecule has 0 fully saturated rings. The molecule has 9 heteroatoms. The number of carbonyl (C=O) groups excluding carboxylic acids is 2. The first kappa shape index (κ1) is 18.2. The fourth-order valence-corrected chi connectivity index (χ4v) is 3.82. The quantitative estimate of drug-likeness (QED) is 0.759. The van der Waals surface area contributed by atoms with Crippen LogP contribution in [-0.4, -0.2) is 44.5 Å². The van der Waals surface area contributed by atoms with Crippen LogP contribution in [0.25, 0.3) is 0 Å². The molecule has 1 aliphatic heterocycles. The lowest BCUT2D eigenvalue weighted by Gasteiger charge is -2.16. The van der Waals surface area contributed by atoms with E-state index in [1.807, 2.05) is 0 Å². The zero-order valence-corrected chi connectivity index (χ0v) is 15.3. The van der Waals surface area contributed by atoms with E-state index in [1.165, 1.54) is 19.2 Å². The maximum Gasteiger partial charge on any atom is 0.261 e. The van der Waals surface area contributed by atoms with E-state index >= 15 is 0 Å². The predicted molar refractivity (Wildman–Crippen MR) is 97.2 cm³/mol. The number of halogens is 1. The van der Waals surface area contributed by atoms with Gasteiger partial charge in [-0.2, -0.15) is 0 Å². The van der Waals surface area contributed by atoms with Crippen molar-refractivity contribution in [3.63, 3.8) is 0 Å². The third-order valence-electron chi connectivity index (χ3n) is 3.89. The molecule has 0 saturated heterocycles. The molecular formula is C17H15ClN2O5S. The fourth-order valence-electron chi connectivity index (χ4n) is 2.63. The smallest absolute Gasteiger partial charge is 0.261 e. The van der Waals surface area contributed by atoms with Crippen molar-refractivity contribution in [1.82, 2.24) is 4.90 Å². The molecule has 0 unspecified atom stereocenters. The molecule has 1 N–H and O–H groups in total. The fraction of sp³-hybridized carbons (Fsp3) is 0.176. The van der Waals surface area contributed by atoms with Crippen LogP contribution in [0.15, 0.2) is 42.5 Å². The highest BCUT2D eigenvalue weighted by Crippen LogP contribution is 2.29. The summed E-state index contributed by atoms with van der Waals surface area (Å²) in [5.41, 5.74) is 0.737. The van der Waals surface area contributed by atoms with E-state index in [-0.39, 0.29) is 23.4 Å². The number of ether oxygens (including phenoxy) is 1. The predicted octanol–water partition coefficient (Wildman–Crippen LogP) is 2.39. The number of imide groups is 1. The van der Waals surface area contributed by atoms with Crippen molar-refractivity contribution in [2.75, 3.05) is 24.1 Å². The van der Waals surface area contributed by atoms with Crippen LogP contribution < -0.4 is 9.46 Å². The Morgan fingerprint density at radius 2 is 1.69 bits per heavy atom. The molecule has 2 aromatic carbocycles. The number of nitrogens with one attached hydrogen (secondary N) is 1. The molecule has 0 radical (unpaired) electrons. The Bertz CT molecular complexity index is 955. The summed E-state index contributed by atoms with van der Waals surface area (Å²) in [5.74, 6) is -1.14. The van der Waals surface area contributed by atoms with Gasteiger partial charge in [-0.1, -0.05) is 23.7 Å². The van der Waals surface area contributed by atoms with E-state index in [1.54, 1.807) is 30.3 Å². The summed E-state index contributed by atoms with van der Waals surface area (Å²) in [6.45, 7) is -0.259. The number of hydrogen-bond donors (Lipinski definition) is 1. The molecule has 2 aromatic rings. The van der Waals surface area contributed by atoms with Gasteiger partial charge in [0.15, 0.2) is 0 Å². The summed E-state index contributed by atoms with van der Waals surface area (Å²) >= 11 is 5.89. The van der Waals surface area contributed by atoms with Crippen LogP contribution in [0.4, 0.5) is 5.69 Å². The van der Waals surface area contributed by atoms with Crippen molar-refractivity contribution in [1.29, 1.82) is 0 Å². The number of nitrogens with zero attached hydrogens (tertiary/aromatic N) is 1. The van der Waals surface area contributed by atoms with E-state index in [0.717, 1.165) is 4.90 Å². The van der Waals surface area contributed by atoms with Crippen molar-refractivity contribution in [3.8, 4) is 5.75 Å². The molecule has 0 saturated carbocycles. The van der Waals surface area contributed by atoms with Crippen molar-refractivity contribution >= 4 is 39.1 Å². The zero-order valence-electron chi connectivity index (χ0n) is 13.7. The van der Waals surface area contributed by atoms with Crippen molar-refractivity contribution in [3.05, 3.63) is 58.6 Å². The Balaban J connectivity index is 1.73. The summed E-state index contributed by atoms with van der Waals surface area (Å²) in [4.78, 5) is 25.5. The highest BCUT2D eigenvalue weighted by atomic mass is 35.5. The Labute approximate surface area is 155 Å². The Hall–Kier alpha value is -2.58. The first-order chi connectivity index (χ1) is 12.3. The largest absolute Gasteiger partial charge is 0.495 e. The molecule has 7 nitrogen and oxygen atoms in total. The lowest BCUT2D eigenvalue weighted by atomic mass is 10.1. The van der Waals surface area contributed by atoms with Crippen LogP contribution in [0.5, 0.6) is 5.75 Å². The second-order valence-corrected chi connectivity index (χ2v) is 7.85. The highest BCUT2D eigenvalue weighted by Gasteiger charge is 2.35. The van der Waals surface area contributed by atoms with Gasteiger partial charge in [-0.15, -0.1) is 0 Å². The van der Waals surface area contributed by atoms with Gasteiger partial charge in [0, 0.05) is 11.6 Å². The number of carbonyl (C=O) groups is 2. The van der Waals surface area contributed by atoms with Gasteiger partial charge in [-0.25, -0.2) is 8.42 Å². The molecule has 3 rings (SSSR count).